The lowest BCUT2D eigenvalue weighted by Crippen LogP contribution is -2.34. The van der Waals surface area contributed by atoms with E-state index in [9.17, 15) is 4.79 Å². The van der Waals surface area contributed by atoms with E-state index < -0.39 is 0 Å². The second kappa shape index (κ2) is 6.98. The van der Waals surface area contributed by atoms with Crippen molar-refractivity contribution in [1.82, 2.24) is 19.9 Å². The highest BCUT2D eigenvalue weighted by Gasteiger charge is 2.28. The highest BCUT2D eigenvalue weighted by atomic mass is 16.1. The van der Waals surface area contributed by atoms with Crippen LogP contribution >= 0.6 is 0 Å². The summed E-state index contributed by atoms with van der Waals surface area (Å²) in [6.45, 7) is 3.05. The van der Waals surface area contributed by atoms with Gasteiger partial charge in [0.15, 0.2) is 0 Å². The van der Waals surface area contributed by atoms with Crippen LogP contribution < -0.4 is 10.2 Å². The first-order chi connectivity index (χ1) is 13.3. The summed E-state index contributed by atoms with van der Waals surface area (Å²) in [5.74, 6) is 3.59. The van der Waals surface area contributed by atoms with Gasteiger partial charge in [0.2, 0.25) is 0 Å². The van der Waals surface area contributed by atoms with Crippen molar-refractivity contribution in [2.75, 3.05) is 18.0 Å². The van der Waals surface area contributed by atoms with Gasteiger partial charge in [-0.25, -0.2) is 9.97 Å². The smallest absolute Gasteiger partial charge is 0.251 e. The van der Waals surface area contributed by atoms with Crippen LogP contribution in [-0.2, 0) is 6.54 Å². The average molecular weight is 365 g/mol. The number of aromatic nitrogens is 3. The monoisotopic (exact) mass is 365 g/mol. The molecule has 0 unspecified atom stereocenters. The molecule has 0 radical (unpaired) electrons. The van der Waals surface area contributed by atoms with Crippen molar-refractivity contribution in [3.05, 3.63) is 42.1 Å². The van der Waals surface area contributed by atoms with Gasteiger partial charge in [-0.15, -0.1) is 0 Å². The first-order valence-electron chi connectivity index (χ1n) is 10.3. The van der Waals surface area contributed by atoms with E-state index in [1.165, 1.54) is 18.7 Å². The first kappa shape index (κ1) is 16.8. The minimum atomic E-state index is 0.0261. The van der Waals surface area contributed by atoms with E-state index in [1.54, 1.807) is 6.20 Å². The van der Waals surface area contributed by atoms with Crippen LogP contribution in [0.15, 0.2) is 30.7 Å². The fourth-order valence-electron chi connectivity index (χ4n) is 4.01. The van der Waals surface area contributed by atoms with Crippen molar-refractivity contribution >= 4 is 11.7 Å². The molecule has 142 valence electrons. The van der Waals surface area contributed by atoms with E-state index in [1.807, 2.05) is 18.3 Å². The van der Waals surface area contributed by atoms with E-state index in [-0.39, 0.29) is 5.91 Å². The van der Waals surface area contributed by atoms with E-state index >= 15 is 0 Å². The predicted octanol–water partition coefficient (Wildman–Crippen LogP) is 2.96. The quantitative estimate of drug-likeness (QED) is 0.855. The number of amides is 1. The van der Waals surface area contributed by atoms with Crippen molar-refractivity contribution in [1.29, 1.82) is 0 Å². The Labute approximate surface area is 160 Å². The minimum absolute atomic E-state index is 0.0261. The Hall–Kier alpha value is -2.37. The molecule has 1 aliphatic heterocycles. The van der Waals surface area contributed by atoms with Crippen LogP contribution in [0.3, 0.4) is 0 Å². The van der Waals surface area contributed by atoms with Gasteiger partial charge in [-0.2, -0.15) is 0 Å². The summed E-state index contributed by atoms with van der Waals surface area (Å²) in [5, 5.41) is 3.06. The molecule has 0 bridgehead atoms. The second-order valence-corrected chi connectivity index (χ2v) is 8.29. The van der Waals surface area contributed by atoms with E-state index in [2.05, 4.69) is 30.9 Å². The largest absolute Gasteiger partial charge is 0.357 e. The van der Waals surface area contributed by atoms with Crippen LogP contribution in [0, 0.1) is 5.92 Å². The topological polar surface area (TPSA) is 63.1 Å². The van der Waals surface area contributed by atoms with E-state index in [0.29, 0.717) is 17.5 Å². The number of nitrogens with zero attached hydrogens (tertiary/aromatic N) is 4. The van der Waals surface area contributed by atoms with Gasteiger partial charge in [0.1, 0.15) is 11.6 Å². The standard InChI is InChI=1S/C21H27N5O/c27-21(24-18-3-4-18)17-5-8-22-19(13-17)25-10-6-16(7-11-25)20-23-9-12-26(20)14-15-1-2-15/h5,8-9,12-13,15-16,18H,1-4,6-7,10-11,14H2,(H,24,27). The molecule has 3 aliphatic rings. The SMILES string of the molecule is O=C(NC1CC1)c1ccnc(N2CCC(c3nccn3CC3CC3)CC2)c1. The Morgan fingerprint density at radius 1 is 1.07 bits per heavy atom. The Morgan fingerprint density at radius 2 is 1.89 bits per heavy atom. The van der Waals surface area contributed by atoms with Gasteiger partial charge in [0, 0.05) is 55.7 Å². The molecule has 3 fully saturated rings. The van der Waals surface area contributed by atoms with Crippen LogP contribution in [0.5, 0.6) is 0 Å². The highest BCUT2D eigenvalue weighted by Crippen LogP contribution is 2.34. The van der Waals surface area contributed by atoms with Gasteiger partial charge in [0.25, 0.3) is 5.91 Å². The maximum Gasteiger partial charge on any atom is 0.251 e. The Bertz CT molecular complexity index is 815. The molecule has 2 aromatic heterocycles. The summed E-state index contributed by atoms with van der Waals surface area (Å²) in [4.78, 5) is 23.8. The molecule has 2 aliphatic carbocycles. The molecular formula is C21H27N5O. The third-order valence-electron chi connectivity index (χ3n) is 6.00. The van der Waals surface area contributed by atoms with Crippen molar-refractivity contribution in [3.63, 3.8) is 0 Å². The molecule has 27 heavy (non-hydrogen) atoms. The molecule has 5 rings (SSSR count). The number of imidazole rings is 1. The molecule has 1 saturated heterocycles. The van der Waals surface area contributed by atoms with Crippen LogP contribution in [0.4, 0.5) is 5.82 Å². The number of rotatable bonds is 6. The molecule has 0 atom stereocenters. The van der Waals surface area contributed by atoms with E-state index in [4.69, 9.17) is 0 Å². The molecule has 2 saturated carbocycles. The lowest BCUT2D eigenvalue weighted by molar-refractivity contribution is 0.0951. The van der Waals surface area contributed by atoms with Crippen LogP contribution in [-0.4, -0.2) is 39.6 Å². The van der Waals surface area contributed by atoms with Crippen molar-refractivity contribution in [2.45, 2.75) is 57.0 Å². The second-order valence-electron chi connectivity index (χ2n) is 8.29. The first-order valence-corrected chi connectivity index (χ1v) is 10.3. The van der Waals surface area contributed by atoms with Gasteiger partial charge in [-0.05, 0) is 56.6 Å². The van der Waals surface area contributed by atoms with Crippen molar-refractivity contribution < 1.29 is 4.79 Å². The number of carbonyl (C=O) groups excluding carboxylic acids is 1. The Kier molecular flexibility index (Phi) is 4.34. The normalized spacial score (nSPS) is 20.7. The fourth-order valence-corrected chi connectivity index (χ4v) is 4.01. The lowest BCUT2D eigenvalue weighted by Gasteiger charge is -2.33. The molecule has 1 amide bonds. The van der Waals surface area contributed by atoms with Gasteiger partial charge in [0.05, 0.1) is 0 Å². The number of anilines is 1. The molecule has 0 aromatic carbocycles. The average Bonchev–Trinajstić information content (AvgIpc) is 3.63. The summed E-state index contributed by atoms with van der Waals surface area (Å²) in [6, 6.07) is 4.12. The number of hydrogen-bond acceptors (Lipinski definition) is 4. The maximum absolute atomic E-state index is 12.3. The zero-order valence-electron chi connectivity index (χ0n) is 15.7. The molecular weight excluding hydrogens is 338 g/mol. The zero-order valence-corrected chi connectivity index (χ0v) is 15.7. The highest BCUT2D eigenvalue weighted by molar-refractivity contribution is 5.95. The predicted molar refractivity (Wildman–Crippen MR) is 104 cm³/mol. The van der Waals surface area contributed by atoms with Gasteiger partial charge in [-0.3, -0.25) is 4.79 Å². The van der Waals surface area contributed by atoms with Crippen molar-refractivity contribution in [2.24, 2.45) is 5.92 Å². The summed E-state index contributed by atoms with van der Waals surface area (Å²) >= 11 is 0. The number of pyridine rings is 1. The van der Waals surface area contributed by atoms with Crippen LogP contribution in [0.1, 0.15) is 60.6 Å². The van der Waals surface area contributed by atoms with Gasteiger partial charge < -0.3 is 14.8 Å². The molecule has 1 N–H and O–H groups in total. The van der Waals surface area contributed by atoms with Crippen LogP contribution in [0.2, 0.25) is 0 Å². The summed E-state index contributed by atoms with van der Waals surface area (Å²) in [7, 11) is 0. The Balaban J connectivity index is 1.22. The third-order valence-corrected chi connectivity index (χ3v) is 6.00. The summed E-state index contributed by atoms with van der Waals surface area (Å²) in [5.41, 5.74) is 0.717. The number of carbonyl (C=O) groups is 1. The van der Waals surface area contributed by atoms with Crippen LogP contribution in [0.25, 0.3) is 0 Å². The molecule has 3 heterocycles. The fraction of sp³-hybridized carbons (Fsp3) is 0.571. The number of piperidine rings is 1. The minimum Gasteiger partial charge on any atom is -0.357 e. The Morgan fingerprint density at radius 3 is 2.63 bits per heavy atom. The molecule has 2 aromatic rings. The molecule has 6 heteroatoms. The summed E-state index contributed by atoms with van der Waals surface area (Å²) < 4.78 is 2.37. The van der Waals surface area contributed by atoms with Gasteiger partial charge >= 0.3 is 0 Å². The maximum atomic E-state index is 12.3. The number of nitrogens with one attached hydrogen (secondary N) is 1. The molecule has 6 nitrogen and oxygen atoms in total. The third kappa shape index (κ3) is 3.84. The van der Waals surface area contributed by atoms with E-state index in [0.717, 1.165) is 57.1 Å². The summed E-state index contributed by atoms with van der Waals surface area (Å²) in [6.07, 6.45) is 13.0. The van der Waals surface area contributed by atoms with Gasteiger partial charge in [-0.1, -0.05) is 0 Å². The van der Waals surface area contributed by atoms with Crippen molar-refractivity contribution in [3.8, 4) is 0 Å². The number of hydrogen-bond donors (Lipinski definition) is 1. The molecule has 0 spiro atoms. The lowest BCUT2D eigenvalue weighted by atomic mass is 9.95. The zero-order chi connectivity index (χ0) is 18.2.